The van der Waals surface area contributed by atoms with E-state index < -0.39 is 11.4 Å². The minimum absolute atomic E-state index is 0. The topological polar surface area (TPSA) is 49.4 Å². The van der Waals surface area contributed by atoms with Crippen molar-refractivity contribution >= 4 is 11.4 Å². The summed E-state index contributed by atoms with van der Waals surface area (Å²) in [6.45, 7) is 2.60. The third kappa shape index (κ3) is 21.0. The van der Waals surface area contributed by atoms with E-state index in [4.69, 9.17) is 0 Å². The zero-order valence-electron chi connectivity index (χ0n) is 14.5. The molecule has 0 rings (SSSR count). The van der Waals surface area contributed by atoms with Gasteiger partial charge in [0.25, 0.3) is 0 Å². The van der Waals surface area contributed by atoms with Crippen molar-refractivity contribution in [3.8, 4) is 0 Å². The summed E-state index contributed by atoms with van der Waals surface area (Å²) in [7, 11) is 0. The van der Waals surface area contributed by atoms with Gasteiger partial charge >= 0.3 is 18.9 Å². The van der Waals surface area contributed by atoms with E-state index in [0.29, 0.717) is 6.61 Å². The SMILES string of the molecule is CCCCCCCCCCCCCCCOS(=O)[O-].[H-].[Li+]. The summed E-state index contributed by atoms with van der Waals surface area (Å²) in [5.74, 6) is 0. The fourth-order valence-corrected chi connectivity index (χ4v) is 2.50. The molecule has 20 heavy (non-hydrogen) atoms. The van der Waals surface area contributed by atoms with Gasteiger partial charge in [0, 0.05) is 0 Å². The largest absolute Gasteiger partial charge is 1.00 e. The Morgan fingerprint density at radius 1 is 0.800 bits per heavy atom. The Balaban J connectivity index is -0.00000162. The van der Waals surface area contributed by atoms with Gasteiger partial charge in [-0.05, 0) is 6.42 Å². The van der Waals surface area contributed by atoms with E-state index in [1.54, 1.807) is 0 Å². The molecule has 0 spiro atoms. The molecule has 0 amide bonds. The molecular formula is C15H32LiO3S-. The van der Waals surface area contributed by atoms with Crippen LogP contribution in [-0.4, -0.2) is 15.4 Å². The predicted octanol–water partition coefficient (Wildman–Crippen LogP) is 2.00. The van der Waals surface area contributed by atoms with Gasteiger partial charge in [0.2, 0.25) is 0 Å². The normalized spacial score (nSPS) is 12.1. The monoisotopic (exact) mass is 299 g/mol. The second kappa shape index (κ2) is 19.7. The maximum absolute atomic E-state index is 10.1. The van der Waals surface area contributed by atoms with Gasteiger partial charge < -0.3 is 10.2 Å². The van der Waals surface area contributed by atoms with E-state index in [0.717, 1.165) is 12.8 Å². The van der Waals surface area contributed by atoms with Gasteiger partial charge in [-0.25, -0.2) is 4.21 Å². The summed E-state index contributed by atoms with van der Waals surface area (Å²) in [6.07, 6.45) is 16.8. The number of unbranched alkanes of at least 4 members (excludes halogenated alkanes) is 12. The molecule has 0 N–H and O–H groups in total. The van der Waals surface area contributed by atoms with Gasteiger partial charge in [-0.1, -0.05) is 84.0 Å². The molecule has 0 fully saturated rings. The summed E-state index contributed by atoms with van der Waals surface area (Å²) in [4.78, 5) is 0. The Morgan fingerprint density at radius 3 is 1.50 bits per heavy atom. The molecule has 5 heteroatoms. The zero-order chi connectivity index (χ0) is 14.2. The van der Waals surface area contributed by atoms with Crippen molar-refractivity contribution in [2.24, 2.45) is 0 Å². The zero-order valence-corrected chi connectivity index (χ0v) is 14.3. The molecule has 3 nitrogen and oxygen atoms in total. The average Bonchev–Trinajstić information content (AvgIpc) is 2.39. The maximum atomic E-state index is 10.1. The van der Waals surface area contributed by atoms with E-state index in [-0.39, 0.29) is 20.3 Å². The van der Waals surface area contributed by atoms with Crippen LogP contribution in [0, 0.1) is 0 Å². The van der Waals surface area contributed by atoms with E-state index in [1.165, 1.54) is 70.6 Å². The van der Waals surface area contributed by atoms with Crippen LogP contribution in [0.4, 0.5) is 0 Å². The first-order valence-corrected chi connectivity index (χ1v) is 9.00. The molecule has 0 aliphatic heterocycles. The fourth-order valence-electron chi connectivity index (χ4n) is 2.25. The van der Waals surface area contributed by atoms with Crippen molar-refractivity contribution < 1.29 is 33.2 Å². The van der Waals surface area contributed by atoms with Crippen LogP contribution in [0.5, 0.6) is 0 Å². The quantitative estimate of drug-likeness (QED) is 0.264. The molecular weight excluding hydrogens is 267 g/mol. The van der Waals surface area contributed by atoms with Crippen molar-refractivity contribution in [3.05, 3.63) is 0 Å². The van der Waals surface area contributed by atoms with Crippen molar-refractivity contribution in [1.82, 2.24) is 0 Å². The van der Waals surface area contributed by atoms with Crippen LogP contribution in [-0.2, 0) is 15.5 Å². The summed E-state index contributed by atoms with van der Waals surface area (Å²) in [6, 6.07) is 0. The molecule has 0 heterocycles. The van der Waals surface area contributed by atoms with Gasteiger partial charge in [0.05, 0.1) is 18.0 Å². The Labute approximate surface area is 141 Å². The van der Waals surface area contributed by atoms with Crippen molar-refractivity contribution in [3.63, 3.8) is 0 Å². The summed E-state index contributed by atoms with van der Waals surface area (Å²) in [5, 5.41) is 0. The fraction of sp³-hybridized carbons (Fsp3) is 1.00. The predicted molar refractivity (Wildman–Crippen MR) is 81.7 cm³/mol. The first-order valence-electron chi connectivity index (χ1n) is 8.00. The van der Waals surface area contributed by atoms with E-state index in [1.807, 2.05) is 0 Å². The first-order chi connectivity index (χ1) is 9.27. The number of hydrogen-bond acceptors (Lipinski definition) is 3. The molecule has 1 unspecified atom stereocenters. The molecule has 0 aromatic carbocycles. The van der Waals surface area contributed by atoms with Crippen LogP contribution in [0.2, 0.25) is 0 Å². The summed E-state index contributed by atoms with van der Waals surface area (Å²) < 4.78 is 24.6. The molecule has 0 saturated carbocycles. The van der Waals surface area contributed by atoms with E-state index >= 15 is 0 Å². The third-order valence-corrected chi connectivity index (χ3v) is 3.79. The Kier molecular flexibility index (Phi) is 22.6. The summed E-state index contributed by atoms with van der Waals surface area (Å²) >= 11 is -2.33. The number of rotatable bonds is 15. The van der Waals surface area contributed by atoms with Crippen LogP contribution in [0.1, 0.15) is 91.8 Å². The molecule has 0 aliphatic carbocycles. The van der Waals surface area contributed by atoms with Crippen LogP contribution < -0.4 is 18.9 Å². The van der Waals surface area contributed by atoms with Crippen LogP contribution in [0.25, 0.3) is 0 Å². The minimum Gasteiger partial charge on any atom is -1.00 e. The molecule has 0 radical (unpaired) electrons. The van der Waals surface area contributed by atoms with Crippen LogP contribution >= 0.6 is 0 Å². The van der Waals surface area contributed by atoms with Crippen LogP contribution in [0.3, 0.4) is 0 Å². The van der Waals surface area contributed by atoms with E-state index in [9.17, 15) is 8.76 Å². The maximum Gasteiger partial charge on any atom is 1.00 e. The Hall–Kier alpha value is 0.667. The average molecular weight is 299 g/mol. The minimum atomic E-state index is -2.33. The summed E-state index contributed by atoms with van der Waals surface area (Å²) in [5.41, 5.74) is 0. The van der Waals surface area contributed by atoms with Gasteiger partial charge in [0.1, 0.15) is 0 Å². The molecule has 0 bridgehead atoms. The second-order valence-electron chi connectivity index (χ2n) is 5.27. The molecule has 118 valence electrons. The van der Waals surface area contributed by atoms with Crippen LogP contribution in [0.15, 0.2) is 0 Å². The second-order valence-corrected chi connectivity index (χ2v) is 5.91. The van der Waals surface area contributed by atoms with Gasteiger partial charge in [0.15, 0.2) is 0 Å². The first kappa shape index (κ1) is 22.9. The Morgan fingerprint density at radius 2 is 1.15 bits per heavy atom. The molecule has 0 aliphatic rings. The van der Waals surface area contributed by atoms with Crippen molar-refractivity contribution in [2.75, 3.05) is 6.61 Å². The number of hydrogen-bond donors (Lipinski definition) is 0. The standard InChI is InChI=1S/C15H32O3S.Li.H/c1-2-3-4-5-6-7-8-9-10-11-12-13-14-15-18-19(16)17;;/h2-15H2,1H3,(H,16,17);;/q;+1;-1/p-1. The van der Waals surface area contributed by atoms with Gasteiger partial charge in [-0.15, -0.1) is 0 Å². The van der Waals surface area contributed by atoms with Gasteiger partial charge in [-0.3, -0.25) is 0 Å². The smallest absolute Gasteiger partial charge is 1.00 e. The van der Waals surface area contributed by atoms with Crippen molar-refractivity contribution in [2.45, 2.75) is 90.4 Å². The molecule has 0 saturated heterocycles. The van der Waals surface area contributed by atoms with Crippen molar-refractivity contribution in [1.29, 1.82) is 0 Å². The Bertz CT molecular complexity index is 209. The molecule has 1 atom stereocenters. The molecule has 0 aromatic rings. The molecule has 0 aromatic heterocycles. The third-order valence-electron chi connectivity index (χ3n) is 3.43. The van der Waals surface area contributed by atoms with Gasteiger partial charge in [-0.2, -0.15) is 0 Å². The van der Waals surface area contributed by atoms with E-state index in [2.05, 4.69) is 11.1 Å².